The van der Waals surface area contributed by atoms with Gasteiger partial charge < -0.3 is 9.88 Å². The molecule has 4 aromatic rings. The Morgan fingerprint density at radius 2 is 1.96 bits per heavy atom. The Labute approximate surface area is 167 Å². The Morgan fingerprint density at radius 1 is 1.14 bits per heavy atom. The van der Waals surface area contributed by atoms with E-state index in [0.717, 1.165) is 17.5 Å². The van der Waals surface area contributed by atoms with Crippen LogP contribution in [0.15, 0.2) is 60.9 Å². The molecular weight excluding hydrogens is 372 g/mol. The fraction of sp³-hybridized carbons (Fsp3) is 0.182. The van der Waals surface area contributed by atoms with Crippen LogP contribution in [0.5, 0.6) is 0 Å². The quantitative estimate of drug-likeness (QED) is 0.568. The second-order valence-corrected chi connectivity index (χ2v) is 7.53. The molecule has 5 nitrogen and oxygen atoms in total. The summed E-state index contributed by atoms with van der Waals surface area (Å²) in [5.41, 5.74) is 5.18. The molecule has 0 aliphatic carbocycles. The standard InChI is InChI=1S/C22H19ClN4O/c23-19-7-3-1-5-15(19)12-27-13-16(11-24-27)22(28)26-10-9-21-18(14-26)17-6-2-4-8-20(17)25-21/h1-8,11,13,25H,9-10,12,14H2. The maximum Gasteiger partial charge on any atom is 0.257 e. The number of amides is 1. The summed E-state index contributed by atoms with van der Waals surface area (Å²) in [7, 11) is 0. The molecule has 2 aromatic heterocycles. The lowest BCUT2D eigenvalue weighted by molar-refractivity contribution is 0.0735. The molecule has 1 aliphatic rings. The van der Waals surface area contributed by atoms with E-state index in [-0.39, 0.29) is 5.91 Å². The third-order valence-corrected chi connectivity index (χ3v) is 5.71. The molecule has 0 saturated heterocycles. The summed E-state index contributed by atoms with van der Waals surface area (Å²) < 4.78 is 1.76. The second-order valence-electron chi connectivity index (χ2n) is 7.12. The molecule has 1 aliphatic heterocycles. The number of carbonyl (C=O) groups excluding carboxylic acids is 1. The van der Waals surface area contributed by atoms with Crippen molar-refractivity contribution >= 4 is 28.4 Å². The number of fused-ring (bicyclic) bond motifs is 3. The van der Waals surface area contributed by atoms with Crippen molar-refractivity contribution < 1.29 is 4.79 Å². The van der Waals surface area contributed by atoms with E-state index in [2.05, 4.69) is 22.2 Å². The highest BCUT2D eigenvalue weighted by Gasteiger charge is 2.25. The van der Waals surface area contributed by atoms with Crippen molar-refractivity contribution in [2.45, 2.75) is 19.5 Å². The number of benzene rings is 2. The minimum Gasteiger partial charge on any atom is -0.358 e. The third-order valence-electron chi connectivity index (χ3n) is 5.34. The van der Waals surface area contributed by atoms with Gasteiger partial charge in [-0.2, -0.15) is 5.10 Å². The first-order valence-corrected chi connectivity index (χ1v) is 9.70. The zero-order chi connectivity index (χ0) is 19.1. The highest BCUT2D eigenvalue weighted by Crippen LogP contribution is 2.28. The number of para-hydroxylation sites is 1. The lowest BCUT2D eigenvalue weighted by Gasteiger charge is -2.26. The summed E-state index contributed by atoms with van der Waals surface area (Å²) in [6, 6.07) is 15.9. The van der Waals surface area contributed by atoms with Gasteiger partial charge in [0, 0.05) is 52.9 Å². The number of aromatic nitrogens is 3. The van der Waals surface area contributed by atoms with Crippen molar-refractivity contribution in [2.24, 2.45) is 0 Å². The number of nitrogens with one attached hydrogen (secondary N) is 1. The van der Waals surface area contributed by atoms with Gasteiger partial charge in [0.05, 0.1) is 18.3 Å². The van der Waals surface area contributed by atoms with E-state index < -0.39 is 0 Å². The van der Waals surface area contributed by atoms with Gasteiger partial charge in [0.2, 0.25) is 0 Å². The molecule has 140 valence electrons. The van der Waals surface area contributed by atoms with Crippen LogP contribution < -0.4 is 0 Å². The van der Waals surface area contributed by atoms with Gasteiger partial charge in [-0.1, -0.05) is 48.0 Å². The summed E-state index contributed by atoms with van der Waals surface area (Å²) in [6.45, 7) is 1.86. The Balaban J connectivity index is 1.36. The van der Waals surface area contributed by atoms with Gasteiger partial charge in [0.25, 0.3) is 5.91 Å². The van der Waals surface area contributed by atoms with Crippen LogP contribution in [0, 0.1) is 0 Å². The van der Waals surface area contributed by atoms with Gasteiger partial charge in [-0.05, 0) is 17.7 Å². The molecule has 0 spiro atoms. The summed E-state index contributed by atoms with van der Waals surface area (Å²) in [6.07, 6.45) is 4.28. The van der Waals surface area contributed by atoms with Gasteiger partial charge >= 0.3 is 0 Å². The van der Waals surface area contributed by atoms with Crippen molar-refractivity contribution in [2.75, 3.05) is 6.54 Å². The van der Waals surface area contributed by atoms with Crippen molar-refractivity contribution in [1.82, 2.24) is 19.7 Å². The van der Waals surface area contributed by atoms with Crippen LogP contribution in [0.4, 0.5) is 0 Å². The first-order chi connectivity index (χ1) is 13.7. The second kappa shape index (κ2) is 6.84. The Bertz CT molecular complexity index is 1180. The first kappa shape index (κ1) is 17.1. The number of nitrogens with zero attached hydrogens (tertiary/aromatic N) is 3. The molecule has 3 heterocycles. The number of H-pyrrole nitrogens is 1. The monoisotopic (exact) mass is 390 g/mol. The van der Waals surface area contributed by atoms with Crippen molar-refractivity contribution in [1.29, 1.82) is 0 Å². The molecule has 0 bridgehead atoms. The zero-order valence-electron chi connectivity index (χ0n) is 15.2. The lowest BCUT2D eigenvalue weighted by Crippen LogP contribution is -2.35. The van der Waals surface area contributed by atoms with Crippen molar-refractivity contribution in [3.8, 4) is 0 Å². The lowest BCUT2D eigenvalue weighted by atomic mass is 10.0. The van der Waals surface area contributed by atoms with Gasteiger partial charge in [-0.3, -0.25) is 9.48 Å². The summed E-state index contributed by atoms with van der Waals surface area (Å²) in [5.74, 6) is 0.0151. The molecule has 0 atom stereocenters. The number of carbonyl (C=O) groups is 1. The fourth-order valence-corrected chi connectivity index (χ4v) is 4.08. The van der Waals surface area contributed by atoms with Crippen molar-refractivity contribution in [3.63, 3.8) is 0 Å². The minimum absolute atomic E-state index is 0.0151. The summed E-state index contributed by atoms with van der Waals surface area (Å²) in [5, 5.41) is 6.26. The average Bonchev–Trinajstić information content (AvgIpc) is 3.33. The number of hydrogen-bond donors (Lipinski definition) is 1. The molecule has 0 unspecified atom stereocenters. The molecule has 2 aromatic carbocycles. The van der Waals surface area contributed by atoms with Crippen LogP contribution >= 0.6 is 11.6 Å². The van der Waals surface area contributed by atoms with Crippen LogP contribution in [-0.4, -0.2) is 32.1 Å². The maximum atomic E-state index is 13.0. The van der Waals surface area contributed by atoms with E-state index in [4.69, 9.17) is 11.6 Å². The van der Waals surface area contributed by atoms with Gasteiger partial charge in [0.1, 0.15) is 0 Å². The number of rotatable bonds is 3. The highest BCUT2D eigenvalue weighted by atomic mass is 35.5. The van der Waals surface area contributed by atoms with Gasteiger partial charge in [-0.25, -0.2) is 0 Å². The van der Waals surface area contributed by atoms with Crippen LogP contribution in [0.3, 0.4) is 0 Å². The molecular formula is C22H19ClN4O. The molecule has 5 rings (SSSR count). The SMILES string of the molecule is O=C(c1cnn(Cc2ccccc2Cl)c1)N1CCc2[nH]c3ccccc3c2C1. The smallest absolute Gasteiger partial charge is 0.257 e. The molecule has 0 saturated carbocycles. The van der Waals surface area contributed by atoms with Gasteiger partial charge in [-0.15, -0.1) is 0 Å². The van der Waals surface area contributed by atoms with Crippen LogP contribution in [0.25, 0.3) is 10.9 Å². The van der Waals surface area contributed by atoms with Crippen LogP contribution in [-0.2, 0) is 19.5 Å². The molecule has 0 radical (unpaired) electrons. The maximum absolute atomic E-state index is 13.0. The van der Waals surface area contributed by atoms with E-state index in [9.17, 15) is 4.79 Å². The van der Waals surface area contributed by atoms with E-state index in [1.165, 1.54) is 16.6 Å². The highest BCUT2D eigenvalue weighted by molar-refractivity contribution is 6.31. The molecule has 1 amide bonds. The topological polar surface area (TPSA) is 53.9 Å². The van der Waals surface area contributed by atoms with E-state index in [1.54, 1.807) is 17.1 Å². The van der Waals surface area contributed by atoms with Crippen LogP contribution in [0.1, 0.15) is 27.2 Å². The predicted octanol–water partition coefficient (Wildman–Crippen LogP) is 4.26. The first-order valence-electron chi connectivity index (χ1n) is 9.32. The number of aromatic amines is 1. The van der Waals surface area contributed by atoms with E-state index in [0.29, 0.717) is 30.2 Å². The number of hydrogen-bond acceptors (Lipinski definition) is 2. The van der Waals surface area contributed by atoms with Crippen LogP contribution in [0.2, 0.25) is 5.02 Å². The molecule has 6 heteroatoms. The van der Waals surface area contributed by atoms with Crippen molar-refractivity contribution in [3.05, 3.63) is 88.3 Å². The van der Waals surface area contributed by atoms with E-state index in [1.807, 2.05) is 41.3 Å². The number of halogens is 1. The molecule has 0 fully saturated rings. The normalized spacial score (nSPS) is 13.7. The third kappa shape index (κ3) is 2.98. The molecule has 1 N–H and O–H groups in total. The van der Waals surface area contributed by atoms with E-state index >= 15 is 0 Å². The van der Waals surface area contributed by atoms with Gasteiger partial charge in [0.15, 0.2) is 0 Å². The average molecular weight is 391 g/mol. The predicted molar refractivity (Wildman–Crippen MR) is 110 cm³/mol. The zero-order valence-corrected chi connectivity index (χ0v) is 16.0. The Kier molecular flexibility index (Phi) is 4.17. The summed E-state index contributed by atoms with van der Waals surface area (Å²) in [4.78, 5) is 18.4. The Morgan fingerprint density at radius 3 is 2.86 bits per heavy atom. The minimum atomic E-state index is 0.0151. The molecule has 28 heavy (non-hydrogen) atoms. The largest absolute Gasteiger partial charge is 0.358 e. The fourth-order valence-electron chi connectivity index (χ4n) is 3.88. The Hall–Kier alpha value is -3.05. The summed E-state index contributed by atoms with van der Waals surface area (Å²) >= 11 is 6.23.